The maximum absolute atomic E-state index is 11.3. The van der Waals surface area contributed by atoms with Crippen molar-refractivity contribution in [3.63, 3.8) is 0 Å². The third-order valence-electron chi connectivity index (χ3n) is 2.60. The molecule has 0 aromatic rings. The molecule has 0 bridgehead atoms. The summed E-state index contributed by atoms with van der Waals surface area (Å²) in [6.07, 6.45) is 3.87. The maximum atomic E-state index is 11.3. The van der Waals surface area contributed by atoms with E-state index in [9.17, 15) is 4.79 Å². The molecule has 1 amide bonds. The Morgan fingerprint density at radius 1 is 1.19 bits per heavy atom. The Labute approximate surface area is 133 Å². The van der Waals surface area contributed by atoms with Crippen molar-refractivity contribution in [1.29, 1.82) is 0 Å². The lowest BCUT2D eigenvalue weighted by atomic mass is 10.2. The van der Waals surface area contributed by atoms with Crippen molar-refractivity contribution in [3.8, 4) is 0 Å². The van der Waals surface area contributed by atoms with Gasteiger partial charge in [0.25, 0.3) is 0 Å². The van der Waals surface area contributed by atoms with Crippen LogP contribution in [0.5, 0.6) is 0 Å². The average Bonchev–Trinajstić information content (AvgIpc) is 2.41. The first-order valence-electron chi connectivity index (χ1n) is 7.34. The van der Waals surface area contributed by atoms with Gasteiger partial charge < -0.3 is 14.4 Å². The van der Waals surface area contributed by atoms with Gasteiger partial charge in [0.15, 0.2) is 0 Å². The summed E-state index contributed by atoms with van der Waals surface area (Å²) in [6.45, 7) is 4.49. The first kappa shape index (κ1) is 21.0. The molecule has 0 fully saturated rings. The van der Waals surface area contributed by atoms with Gasteiger partial charge >= 0.3 is 6.72 Å². The van der Waals surface area contributed by atoms with Gasteiger partial charge in [0.05, 0.1) is 20.3 Å². The van der Waals surface area contributed by atoms with Gasteiger partial charge in [-0.05, 0) is 31.6 Å². The Hall–Kier alpha value is -0.0400. The fourth-order valence-corrected chi connectivity index (χ4v) is 3.24. The molecule has 8 heteroatoms. The summed E-state index contributed by atoms with van der Waals surface area (Å²) in [5.74, 6) is 0.148. The van der Waals surface area contributed by atoms with Crippen LogP contribution in [0.25, 0.3) is 0 Å². The minimum absolute atomic E-state index is 0.0434. The number of amides is 1. The summed E-state index contributed by atoms with van der Waals surface area (Å²) in [4.78, 5) is 15.9. The lowest BCUT2D eigenvalue weighted by Gasteiger charge is -2.18. The van der Waals surface area contributed by atoms with Gasteiger partial charge in [0.1, 0.15) is 0 Å². The highest BCUT2D eigenvalue weighted by molar-refractivity contribution is 8.07. The topological polar surface area (TPSA) is 66.0 Å². The Morgan fingerprint density at radius 3 is 2.43 bits per heavy atom. The number of hydrogen-bond acceptors (Lipinski definition) is 6. The molecular formula is C13H28NO5PS. The van der Waals surface area contributed by atoms with Crippen molar-refractivity contribution >= 4 is 24.4 Å². The predicted molar refractivity (Wildman–Crippen MR) is 86.3 cm³/mol. The van der Waals surface area contributed by atoms with Gasteiger partial charge in [-0.25, -0.2) is 4.89 Å². The van der Waals surface area contributed by atoms with Gasteiger partial charge in [-0.1, -0.05) is 26.7 Å². The van der Waals surface area contributed by atoms with Crippen LogP contribution in [-0.2, 0) is 35.2 Å². The van der Waals surface area contributed by atoms with Crippen LogP contribution in [0.1, 0.15) is 46.5 Å². The molecule has 0 heterocycles. The number of carbonyl (C=O) groups excluding carboxylic acids is 1. The molecule has 126 valence electrons. The molecule has 0 aliphatic carbocycles. The SMILES string of the molecule is CCOP(=S)(OCCCCCCNC(=O)C(C)C)OOC. The Morgan fingerprint density at radius 2 is 1.86 bits per heavy atom. The monoisotopic (exact) mass is 341 g/mol. The molecule has 0 saturated heterocycles. The van der Waals surface area contributed by atoms with E-state index in [4.69, 9.17) is 25.5 Å². The highest BCUT2D eigenvalue weighted by Gasteiger charge is 2.20. The van der Waals surface area contributed by atoms with Gasteiger partial charge in [-0.15, -0.1) is 4.67 Å². The van der Waals surface area contributed by atoms with Crippen LogP contribution in [0.4, 0.5) is 0 Å². The van der Waals surface area contributed by atoms with Gasteiger partial charge in [0, 0.05) is 12.5 Å². The highest BCUT2D eigenvalue weighted by Crippen LogP contribution is 2.49. The molecule has 6 nitrogen and oxygen atoms in total. The van der Waals surface area contributed by atoms with E-state index in [-0.39, 0.29) is 11.8 Å². The third kappa shape index (κ3) is 11.2. The van der Waals surface area contributed by atoms with E-state index in [2.05, 4.69) is 10.2 Å². The van der Waals surface area contributed by atoms with Crippen molar-refractivity contribution in [3.05, 3.63) is 0 Å². The molecule has 21 heavy (non-hydrogen) atoms. The van der Waals surface area contributed by atoms with Crippen molar-refractivity contribution in [2.45, 2.75) is 46.5 Å². The molecule has 0 rings (SSSR count). The molecule has 1 atom stereocenters. The molecule has 1 N–H and O–H groups in total. The fourth-order valence-electron chi connectivity index (χ4n) is 1.50. The zero-order chi connectivity index (χ0) is 16.1. The van der Waals surface area contributed by atoms with Crippen LogP contribution in [0, 0.1) is 5.92 Å². The van der Waals surface area contributed by atoms with Crippen molar-refractivity contribution in [2.24, 2.45) is 5.92 Å². The second-order valence-electron chi connectivity index (χ2n) is 4.80. The maximum Gasteiger partial charge on any atom is 0.355 e. The largest absolute Gasteiger partial charge is 0.356 e. The van der Waals surface area contributed by atoms with Crippen LogP contribution in [-0.4, -0.2) is 32.8 Å². The number of carbonyl (C=O) groups is 1. The molecule has 0 aliphatic heterocycles. The van der Waals surface area contributed by atoms with Crippen LogP contribution in [0.15, 0.2) is 0 Å². The zero-order valence-corrected chi connectivity index (χ0v) is 15.1. The smallest absolute Gasteiger partial charge is 0.355 e. The van der Waals surface area contributed by atoms with Crippen molar-refractivity contribution in [1.82, 2.24) is 5.32 Å². The highest BCUT2D eigenvalue weighted by atomic mass is 32.5. The summed E-state index contributed by atoms with van der Waals surface area (Å²) in [5.41, 5.74) is 0. The van der Waals surface area contributed by atoms with E-state index < -0.39 is 6.72 Å². The van der Waals surface area contributed by atoms with E-state index in [1.165, 1.54) is 7.11 Å². The second kappa shape index (κ2) is 12.5. The second-order valence-corrected chi connectivity index (χ2v) is 7.70. The first-order valence-corrected chi connectivity index (χ1v) is 9.90. The van der Waals surface area contributed by atoms with E-state index >= 15 is 0 Å². The minimum Gasteiger partial charge on any atom is -0.356 e. The van der Waals surface area contributed by atoms with E-state index in [0.717, 1.165) is 32.2 Å². The molecule has 0 saturated carbocycles. The van der Waals surface area contributed by atoms with Crippen LogP contribution in [0.2, 0.25) is 0 Å². The van der Waals surface area contributed by atoms with Gasteiger partial charge in [-0.3, -0.25) is 4.79 Å². The third-order valence-corrected chi connectivity index (χ3v) is 4.82. The van der Waals surface area contributed by atoms with Crippen LogP contribution < -0.4 is 5.32 Å². The van der Waals surface area contributed by atoms with Crippen LogP contribution in [0.3, 0.4) is 0 Å². The number of nitrogens with one attached hydrogen (secondary N) is 1. The molecular weight excluding hydrogens is 313 g/mol. The van der Waals surface area contributed by atoms with Gasteiger partial charge in [-0.2, -0.15) is 0 Å². The van der Waals surface area contributed by atoms with Crippen LogP contribution >= 0.6 is 6.72 Å². The lowest BCUT2D eigenvalue weighted by Crippen LogP contribution is -2.28. The molecule has 0 aromatic heterocycles. The Balaban J connectivity index is 3.58. The van der Waals surface area contributed by atoms with E-state index in [1.54, 1.807) is 0 Å². The minimum atomic E-state index is -2.75. The number of hydrogen-bond donors (Lipinski definition) is 1. The van der Waals surface area contributed by atoms with Gasteiger partial charge in [0.2, 0.25) is 5.91 Å². The first-order chi connectivity index (χ1) is 9.95. The molecule has 0 spiro atoms. The van der Waals surface area contributed by atoms with E-state index in [1.807, 2.05) is 20.8 Å². The molecule has 1 unspecified atom stereocenters. The number of unbranched alkanes of at least 4 members (excludes halogenated alkanes) is 3. The summed E-state index contributed by atoms with van der Waals surface area (Å²) < 4.78 is 15.6. The average molecular weight is 341 g/mol. The zero-order valence-electron chi connectivity index (χ0n) is 13.4. The quantitative estimate of drug-likeness (QED) is 0.240. The summed E-state index contributed by atoms with van der Waals surface area (Å²) in [5, 5.41) is 2.89. The fraction of sp³-hybridized carbons (Fsp3) is 0.923. The molecule has 0 aliphatic rings. The number of rotatable bonds is 13. The normalized spacial score (nSPS) is 14.1. The summed E-state index contributed by atoms with van der Waals surface area (Å²) in [7, 11) is 1.38. The molecule has 0 aromatic carbocycles. The molecule has 0 radical (unpaired) electrons. The van der Waals surface area contributed by atoms with E-state index in [0.29, 0.717) is 13.2 Å². The Kier molecular flexibility index (Phi) is 12.5. The predicted octanol–water partition coefficient (Wildman–Crippen LogP) is 3.17. The standard InChI is InChI=1S/C13H28NO5PS/c1-5-17-20(21,19-16-4)18-11-9-7-6-8-10-14-13(15)12(2)3/h12H,5-11H2,1-4H3,(H,14,15). The van der Waals surface area contributed by atoms with Crippen molar-refractivity contribution < 1.29 is 23.4 Å². The summed E-state index contributed by atoms with van der Waals surface area (Å²) >= 11 is 5.14. The summed E-state index contributed by atoms with van der Waals surface area (Å²) in [6, 6.07) is 0. The van der Waals surface area contributed by atoms with Crippen molar-refractivity contribution in [2.75, 3.05) is 26.9 Å². The lowest BCUT2D eigenvalue weighted by molar-refractivity contribution is -0.191. The Bertz CT molecular complexity index is 318.